The smallest absolute Gasteiger partial charge is 0.270 e. The average molecular weight is 205 g/mol. The molecule has 1 fully saturated rings. The molecule has 0 spiro atoms. The van der Waals surface area contributed by atoms with Gasteiger partial charge in [0.2, 0.25) is 0 Å². The molecule has 1 amide bonds. The third kappa shape index (κ3) is 1.30. The van der Waals surface area contributed by atoms with E-state index in [2.05, 4.69) is 4.98 Å². The number of aromatic amines is 1. The molecule has 0 aromatic carbocycles. The Kier molecular flexibility index (Phi) is 1.77. The van der Waals surface area contributed by atoms with Crippen LogP contribution in [0.1, 0.15) is 10.5 Å². The molecule has 5 heteroatoms. The van der Waals surface area contributed by atoms with Crippen LogP contribution >= 0.6 is 23.2 Å². The normalized spacial score (nSPS) is 15.0. The van der Waals surface area contributed by atoms with E-state index in [0.717, 1.165) is 13.1 Å². The molecule has 0 aliphatic carbocycles. The van der Waals surface area contributed by atoms with Crippen molar-refractivity contribution < 1.29 is 4.79 Å². The van der Waals surface area contributed by atoms with Crippen LogP contribution in [0.2, 0.25) is 10.2 Å². The molecule has 0 radical (unpaired) electrons. The van der Waals surface area contributed by atoms with Crippen LogP contribution in [0.25, 0.3) is 0 Å². The molecule has 1 aliphatic heterocycles. The number of rotatable bonds is 1. The van der Waals surface area contributed by atoms with E-state index in [1.807, 2.05) is 0 Å². The van der Waals surface area contributed by atoms with Gasteiger partial charge in [0.15, 0.2) is 0 Å². The van der Waals surface area contributed by atoms with Gasteiger partial charge in [-0.1, -0.05) is 23.2 Å². The van der Waals surface area contributed by atoms with E-state index in [-0.39, 0.29) is 5.91 Å². The molecule has 1 aromatic rings. The number of halogens is 2. The van der Waals surface area contributed by atoms with Gasteiger partial charge in [0.25, 0.3) is 5.91 Å². The highest BCUT2D eigenvalue weighted by Gasteiger charge is 2.26. The van der Waals surface area contributed by atoms with E-state index in [0.29, 0.717) is 15.9 Å². The maximum absolute atomic E-state index is 11.3. The minimum Gasteiger partial charge on any atom is -0.340 e. The molecular weight excluding hydrogens is 199 g/mol. The third-order valence-electron chi connectivity index (χ3n) is 1.69. The van der Waals surface area contributed by atoms with E-state index in [9.17, 15) is 4.79 Å². The lowest BCUT2D eigenvalue weighted by molar-refractivity contribution is 0.0881. The Morgan fingerprint density at radius 2 is 2.17 bits per heavy atom. The van der Waals surface area contributed by atoms with Crippen molar-refractivity contribution >= 4 is 29.1 Å². The number of nitrogens with one attached hydrogen (secondary N) is 1. The van der Waals surface area contributed by atoms with Crippen LogP contribution in [0.4, 0.5) is 0 Å². The van der Waals surface area contributed by atoms with Crippen LogP contribution in [0.5, 0.6) is 0 Å². The van der Waals surface area contributed by atoms with Crippen molar-refractivity contribution in [2.45, 2.75) is 0 Å². The van der Waals surface area contributed by atoms with Gasteiger partial charge >= 0.3 is 0 Å². The van der Waals surface area contributed by atoms with Gasteiger partial charge in [-0.3, -0.25) is 4.79 Å². The van der Waals surface area contributed by atoms with Gasteiger partial charge in [0.05, 0.1) is 5.02 Å². The zero-order chi connectivity index (χ0) is 8.72. The van der Waals surface area contributed by atoms with Gasteiger partial charge in [0.1, 0.15) is 10.8 Å². The van der Waals surface area contributed by atoms with Crippen molar-refractivity contribution in [3.05, 3.63) is 21.9 Å². The molecule has 1 aromatic heterocycles. The standard InChI is InChI=1S/C7H6Cl2N2O/c8-4-3-5(10-6(4)9)7(12)11-1-2-11/h3,10H,1-2H2. The van der Waals surface area contributed by atoms with Crippen molar-refractivity contribution in [1.29, 1.82) is 0 Å². The first-order chi connectivity index (χ1) is 5.68. The second-order valence-electron chi connectivity index (χ2n) is 2.64. The summed E-state index contributed by atoms with van der Waals surface area (Å²) < 4.78 is 0. The van der Waals surface area contributed by atoms with Crippen LogP contribution in [0.15, 0.2) is 6.07 Å². The highest BCUT2D eigenvalue weighted by Crippen LogP contribution is 2.23. The summed E-state index contributed by atoms with van der Waals surface area (Å²) in [6, 6.07) is 1.55. The number of amides is 1. The molecule has 64 valence electrons. The topological polar surface area (TPSA) is 35.9 Å². The fraction of sp³-hybridized carbons (Fsp3) is 0.286. The van der Waals surface area contributed by atoms with Gasteiger partial charge in [-0.05, 0) is 6.07 Å². The quantitative estimate of drug-likeness (QED) is 0.697. The van der Waals surface area contributed by atoms with Crippen LogP contribution in [-0.2, 0) is 0 Å². The summed E-state index contributed by atoms with van der Waals surface area (Å²) in [5, 5.41) is 0.712. The van der Waals surface area contributed by atoms with Crippen molar-refractivity contribution in [2.24, 2.45) is 0 Å². The highest BCUT2D eigenvalue weighted by molar-refractivity contribution is 6.41. The summed E-state index contributed by atoms with van der Waals surface area (Å²) in [7, 11) is 0. The first-order valence-electron chi connectivity index (χ1n) is 3.52. The van der Waals surface area contributed by atoms with E-state index in [1.54, 1.807) is 11.0 Å². The van der Waals surface area contributed by atoms with E-state index in [4.69, 9.17) is 23.2 Å². The van der Waals surface area contributed by atoms with E-state index >= 15 is 0 Å². The second kappa shape index (κ2) is 2.68. The summed E-state index contributed by atoms with van der Waals surface area (Å²) in [6.07, 6.45) is 0. The monoisotopic (exact) mass is 204 g/mol. The van der Waals surface area contributed by atoms with E-state index < -0.39 is 0 Å². The molecule has 2 heterocycles. The Hall–Kier alpha value is -0.670. The Bertz CT molecular complexity index is 311. The molecule has 12 heavy (non-hydrogen) atoms. The lowest BCUT2D eigenvalue weighted by atomic mass is 10.4. The van der Waals surface area contributed by atoms with Crippen LogP contribution < -0.4 is 0 Å². The number of carbonyl (C=O) groups excluding carboxylic acids is 1. The zero-order valence-electron chi connectivity index (χ0n) is 6.10. The molecular formula is C7H6Cl2N2O. The Morgan fingerprint density at radius 1 is 1.50 bits per heavy atom. The number of hydrogen-bond acceptors (Lipinski definition) is 1. The molecule has 0 atom stereocenters. The summed E-state index contributed by atoms with van der Waals surface area (Å²) in [5.74, 6) is -0.0381. The SMILES string of the molecule is O=C(c1cc(Cl)c(Cl)[nH]1)N1CC1. The number of nitrogens with zero attached hydrogens (tertiary/aromatic N) is 1. The Labute approximate surface area is 79.3 Å². The molecule has 1 saturated heterocycles. The zero-order valence-corrected chi connectivity index (χ0v) is 7.61. The van der Waals surface area contributed by atoms with Crippen LogP contribution in [0.3, 0.4) is 0 Å². The summed E-state index contributed by atoms with van der Waals surface area (Å²) in [5.41, 5.74) is 0.461. The lowest BCUT2D eigenvalue weighted by Gasteiger charge is -1.95. The van der Waals surface area contributed by atoms with Crippen molar-refractivity contribution in [2.75, 3.05) is 13.1 Å². The summed E-state index contributed by atoms with van der Waals surface area (Å²) >= 11 is 11.3. The van der Waals surface area contributed by atoms with Crippen molar-refractivity contribution in [1.82, 2.24) is 9.88 Å². The van der Waals surface area contributed by atoms with E-state index in [1.165, 1.54) is 0 Å². The minimum absolute atomic E-state index is 0.0381. The first-order valence-corrected chi connectivity index (χ1v) is 4.27. The molecule has 0 unspecified atom stereocenters. The number of carbonyl (C=O) groups is 1. The van der Waals surface area contributed by atoms with Crippen molar-refractivity contribution in [3.8, 4) is 0 Å². The minimum atomic E-state index is -0.0381. The second-order valence-corrected chi connectivity index (χ2v) is 3.42. The van der Waals surface area contributed by atoms with Gasteiger partial charge in [-0.25, -0.2) is 0 Å². The van der Waals surface area contributed by atoms with Gasteiger partial charge in [0, 0.05) is 13.1 Å². The first kappa shape index (κ1) is 7.95. The molecule has 2 rings (SSSR count). The van der Waals surface area contributed by atoms with Crippen LogP contribution in [0, 0.1) is 0 Å². The fourth-order valence-corrected chi connectivity index (χ4v) is 1.26. The fourth-order valence-electron chi connectivity index (χ4n) is 0.943. The van der Waals surface area contributed by atoms with Gasteiger partial charge in [-0.2, -0.15) is 0 Å². The number of H-pyrrole nitrogens is 1. The number of hydrogen-bond donors (Lipinski definition) is 1. The average Bonchev–Trinajstić information content (AvgIpc) is 2.80. The molecule has 0 bridgehead atoms. The predicted octanol–water partition coefficient (Wildman–Crippen LogP) is 1.78. The van der Waals surface area contributed by atoms with Gasteiger partial charge in [-0.15, -0.1) is 0 Å². The largest absolute Gasteiger partial charge is 0.340 e. The van der Waals surface area contributed by atoms with Crippen molar-refractivity contribution in [3.63, 3.8) is 0 Å². The number of aromatic nitrogens is 1. The summed E-state index contributed by atoms with van der Waals surface area (Å²) in [4.78, 5) is 15.8. The highest BCUT2D eigenvalue weighted by atomic mass is 35.5. The molecule has 0 saturated carbocycles. The maximum atomic E-state index is 11.3. The molecule has 1 aliphatic rings. The Morgan fingerprint density at radius 3 is 2.58 bits per heavy atom. The van der Waals surface area contributed by atoms with Gasteiger partial charge < -0.3 is 9.88 Å². The molecule has 1 N–H and O–H groups in total. The third-order valence-corrected chi connectivity index (χ3v) is 2.38. The predicted molar refractivity (Wildman–Crippen MR) is 46.7 cm³/mol. The Balaban J connectivity index is 2.27. The summed E-state index contributed by atoms with van der Waals surface area (Å²) in [6.45, 7) is 1.65. The molecule has 3 nitrogen and oxygen atoms in total. The maximum Gasteiger partial charge on any atom is 0.270 e. The van der Waals surface area contributed by atoms with Crippen LogP contribution in [-0.4, -0.2) is 28.9 Å². The lowest BCUT2D eigenvalue weighted by Crippen LogP contribution is -2.10.